The van der Waals surface area contributed by atoms with Crippen LogP contribution in [0, 0.1) is 22.7 Å². The van der Waals surface area contributed by atoms with Crippen molar-refractivity contribution in [1.82, 2.24) is 0 Å². The first-order chi connectivity index (χ1) is 13.2. The number of rotatable bonds is 2. The molecule has 0 bridgehead atoms. The molecule has 1 aromatic heterocycles. The van der Waals surface area contributed by atoms with Crippen LogP contribution in [-0.4, -0.2) is 35.2 Å². The third-order valence-corrected chi connectivity index (χ3v) is 8.77. The summed E-state index contributed by atoms with van der Waals surface area (Å²) in [5.74, 6) is -0.0548. The van der Waals surface area contributed by atoms with Crippen LogP contribution in [0.4, 0.5) is 0 Å². The minimum atomic E-state index is -0.913. The van der Waals surface area contributed by atoms with E-state index in [1.54, 1.807) is 12.5 Å². The van der Waals surface area contributed by atoms with Crippen molar-refractivity contribution in [3.63, 3.8) is 0 Å². The van der Waals surface area contributed by atoms with Gasteiger partial charge in [0, 0.05) is 29.2 Å². The van der Waals surface area contributed by atoms with Gasteiger partial charge in [-0.2, -0.15) is 0 Å². The van der Waals surface area contributed by atoms with E-state index in [0.717, 1.165) is 24.8 Å². The number of hydrogen-bond donors (Lipinski definition) is 1. The van der Waals surface area contributed by atoms with E-state index in [0.29, 0.717) is 6.42 Å². The molecule has 6 heteroatoms. The first-order valence-corrected chi connectivity index (χ1v) is 10.4. The number of aliphatic hydroxyl groups excluding tert-OH is 1. The molecule has 5 rings (SSSR count). The molecule has 1 N–H and O–H groups in total. The summed E-state index contributed by atoms with van der Waals surface area (Å²) in [6, 6.07) is 1.90. The first-order valence-electron chi connectivity index (χ1n) is 10.4. The van der Waals surface area contributed by atoms with Crippen LogP contribution in [0.25, 0.3) is 0 Å². The Balaban J connectivity index is 1.59. The van der Waals surface area contributed by atoms with Gasteiger partial charge in [0.15, 0.2) is 6.29 Å². The van der Waals surface area contributed by atoms with Crippen LogP contribution < -0.4 is 0 Å². The van der Waals surface area contributed by atoms with Gasteiger partial charge in [-0.25, -0.2) is 0 Å². The number of hydrogen-bond acceptors (Lipinski definition) is 6. The summed E-state index contributed by atoms with van der Waals surface area (Å²) in [6.07, 6.45) is 5.64. The zero-order valence-corrected chi connectivity index (χ0v) is 17.0. The zero-order chi connectivity index (χ0) is 19.9. The van der Waals surface area contributed by atoms with Crippen molar-refractivity contribution in [3.8, 4) is 0 Å². The zero-order valence-electron chi connectivity index (χ0n) is 17.0. The van der Waals surface area contributed by atoms with Crippen LogP contribution in [0.15, 0.2) is 23.0 Å². The molecule has 3 heterocycles. The van der Waals surface area contributed by atoms with E-state index >= 15 is 0 Å². The molecular weight excluding hydrogens is 360 g/mol. The van der Waals surface area contributed by atoms with Crippen LogP contribution >= 0.6 is 0 Å². The first kappa shape index (κ1) is 18.6. The van der Waals surface area contributed by atoms with Gasteiger partial charge in [-0.1, -0.05) is 13.8 Å². The SMILES string of the molecule is CC(=O)OC1CC2(C)C(CCC3OC32C)C2(CC(c3ccoc3)OC2O)C1C. The van der Waals surface area contributed by atoms with Crippen molar-refractivity contribution in [1.29, 1.82) is 0 Å². The predicted molar refractivity (Wildman–Crippen MR) is 99.0 cm³/mol. The Bertz CT molecular complexity index is 776. The molecule has 4 aliphatic rings. The van der Waals surface area contributed by atoms with Crippen LogP contribution in [-0.2, 0) is 19.0 Å². The van der Waals surface area contributed by atoms with E-state index in [1.165, 1.54) is 6.92 Å². The lowest BCUT2D eigenvalue weighted by atomic mass is 9.43. The van der Waals surface area contributed by atoms with E-state index < -0.39 is 11.7 Å². The lowest BCUT2D eigenvalue weighted by Gasteiger charge is -2.61. The Morgan fingerprint density at radius 2 is 2.07 bits per heavy atom. The molecule has 28 heavy (non-hydrogen) atoms. The van der Waals surface area contributed by atoms with Crippen LogP contribution in [0.3, 0.4) is 0 Å². The van der Waals surface area contributed by atoms with E-state index in [4.69, 9.17) is 18.6 Å². The summed E-state index contributed by atoms with van der Waals surface area (Å²) in [7, 11) is 0. The number of aliphatic hydroxyl groups is 1. The second-order valence-corrected chi connectivity index (χ2v) is 9.75. The second kappa shape index (κ2) is 5.83. The maximum absolute atomic E-state index is 11.9. The number of ether oxygens (including phenoxy) is 3. The molecule has 0 aromatic carbocycles. The Labute approximate surface area is 165 Å². The summed E-state index contributed by atoms with van der Waals surface area (Å²) in [6.45, 7) is 8.02. The Morgan fingerprint density at radius 3 is 2.75 bits per heavy atom. The van der Waals surface area contributed by atoms with Gasteiger partial charge in [-0.15, -0.1) is 0 Å². The molecule has 6 nitrogen and oxygen atoms in total. The number of esters is 1. The fourth-order valence-electron chi connectivity index (χ4n) is 7.03. The fourth-order valence-corrected chi connectivity index (χ4v) is 7.03. The van der Waals surface area contributed by atoms with Gasteiger partial charge in [0.1, 0.15) is 6.10 Å². The molecule has 2 aliphatic carbocycles. The van der Waals surface area contributed by atoms with Crippen molar-refractivity contribution < 1.29 is 28.5 Å². The second-order valence-electron chi connectivity index (χ2n) is 9.75. The number of fused-ring (bicyclic) bond motifs is 4. The minimum Gasteiger partial charge on any atom is -0.472 e. The van der Waals surface area contributed by atoms with Gasteiger partial charge < -0.3 is 23.7 Å². The largest absolute Gasteiger partial charge is 0.472 e. The molecule has 9 unspecified atom stereocenters. The third-order valence-electron chi connectivity index (χ3n) is 8.77. The van der Waals surface area contributed by atoms with Crippen LogP contribution in [0.1, 0.15) is 65.0 Å². The molecule has 2 aliphatic heterocycles. The summed E-state index contributed by atoms with van der Waals surface area (Å²) in [4.78, 5) is 11.9. The Morgan fingerprint density at radius 1 is 1.29 bits per heavy atom. The highest BCUT2D eigenvalue weighted by Gasteiger charge is 2.76. The topological polar surface area (TPSA) is 81.4 Å². The number of epoxide rings is 1. The molecule has 9 atom stereocenters. The Kier molecular flexibility index (Phi) is 3.88. The highest BCUT2D eigenvalue weighted by Crippen LogP contribution is 2.73. The van der Waals surface area contributed by atoms with Gasteiger partial charge >= 0.3 is 5.97 Å². The van der Waals surface area contributed by atoms with Crippen molar-refractivity contribution in [3.05, 3.63) is 24.2 Å². The quantitative estimate of drug-likeness (QED) is 0.614. The van der Waals surface area contributed by atoms with Gasteiger partial charge in [-0.3, -0.25) is 4.79 Å². The monoisotopic (exact) mass is 390 g/mol. The lowest BCUT2D eigenvalue weighted by Crippen LogP contribution is -2.64. The maximum Gasteiger partial charge on any atom is 0.302 e. The van der Waals surface area contributed by atoms with E-state index in [9.17, 15) is 9.90 Å². The average molecular weight is 390 g/mol. The molecule has 0 radical (unpaired) electrons. The molecule has 2 saturated carbocycles. The molecule has 2 saturated heterocycles. The number of carbonyl (C=O) groups is 1. The Hall–Kier alpha value is -1.37. The van der Waals surface area contributed by atoms with Crippen molar-refractivity contribution >= 4 is 5.97 Å². The normalized spacial score (nSPS) is 52.2. The summed E-state index contributed by atoms with van der Waals surface area (Å²) < 4.78 is 23.4. The van der Waals surface area contributed by atoms with Crippen molar-refractivity contribution in [2.45, 2.75) is 83.6 Å². The van der Waals surface area contributed by atoms with E-state index in [-0.39, 0.29) is 47.1 Å². The molecule has 1 aromatic rings. The molecule has 154 valence electrons. The fraction of sp³-hybridized carbons (Fsp3) is 0.773. The molecular formula is C22H30O6. The third kappa shape index (κ3) is 2.22. The molecule has 4 fully saturated rings. The number of carbonyl (C=O) groups excluding carboxylic acids is 1. The van der Waals surface area contributed by atoms with Crippen molar-refractivity contribution in [2.75, 3.05) is 0 Å². The van der Waals surface area contributed by atoms with E-state index in [1.807, 2.05) is 6.07 Å². The predicted octanol–water partition coefficient (Wildman–Crippen LogP) is 3.59. The smallest absolute Gasteiger partial charge is 0.302 e. The van der Waals surface area contributed by atoms with Crippen LogP contribution in [0.5, 0.6) is 0 Å². The summed E-state index contributed by atoms with van der Waals surface area (Å²) in [5.41, 5.74) is 0.0456. The van der Waals surface area contributed by atoms with E-state index in [2.05, 4.69) is 20.8 Å². The highest BCUT2D eigenvalue weighted by molar-refractivity contribution is 5.66. The van der Waals surface area contributed by atoms with Crippen molar-refractivity contribution in [2.24, 2.45) is 22.7 Å². The molecule has 1 spiro atoms. The van der Waals surface area contributed by atoms with Crippen LogP contribution in [0.2, 0.25) is 0 Å². The highest BCUT2D eigenvalue weighted by atomic mass is 16.6. The standard InChI is InChI=1S/C22H30O6/c1-12-15(26-13(2)23)9-20(3)17(5-6-18-21(20,4)28-18)22(12)10-16(27-19(22)24)14-7-8-25-11-14/h7-8,11-12,15-19,24H,5-6,9-10H2,1-4H3. The maximum atomic E-state index is 11.9. The lowest BCUT2D eigenvalue weighted by molar-refractivity contribution is -0.238. The van der Waals surface area contributed by atoms with Gasteiger partial charge in [0.2, 0.25) is 0 Å². The van der Waals surface area contributed by atoms with Gasteiger partial charge in [-0.05, 0) is 44.6 Å². The number of furan rings is 1. The van der Waals surface area contributed by atoms with Gasteiger partial charge in [0.05, 0.1) is 30.3 Å². The van der Waals surface area contributed by atoms with Gasteiger partial charge in [0.25, 0.3) is 0 Å². The molecule has 0 amide bonds. The minimum absolute atomic E-state index is 0.0136. The average Bonchev–Trinajstić information content (AvgIpc) is 2.98. The summed E-state index contributed by atoms with van der Waals surface area (Å²) in [5, 5.41) is 11.3. The summed E-state index contributed by atoms with van der Waals surface area (Å²) >= 11 is 0.